The van der Waals surface area contributed by atoms with Gasteiger partial charge in [0.05, 0.1) is 12.2 Å². The lowest BCUT2D eigenvalue weighted by Crippen LogP contribution is -2.54. The Labute approximate surface area is 193 Å². The number of aliphatic hydroxyl groups is 3. The van der Waals surface area contributed by atoms with Crippen LogP contribution in [-0.2, 0) is 15.1 Å². The summed E-state index contributed by atoms with van der Waals surface area (Å²) in [6.07, 6.45) is -5.31. The smallest absolute Gasteiger partial charge is 0.340 e. The van der Waals surface area contributed by atoms with Crippen molar-refractivity contribution >= 4 is 5.97 Å². The van der Waals surface area contributed by atoms with E-state index in [1.54, 1.807) is 36.4 Å². The van der Waals surface area contributed by atoms with Crippen LogP contribution in [0.1, 0.15) is 27.0 Å². The van der Waals surface area contributed by atoms with Crippen LogP contribution in [0.3, 0.4) is 0 Å². The number of carbonyl (C=O) groups excluding carboxylic acids is 1. The Morgan fingerprint density at radius 1 is 0.882 bits per heavy atom. The molecule has 34 heavy (non-hydrogen) atoms. The molecule has 0 amide bonds. The fourth-order valence-corrected chi connectivity index (χ4v) is 4.74. The van der Waals surface area contributed by atoms with Crippen LogP contribution in [-0.4, -0.2) is 57.6 Å². The van der Waals surface area contributed by atoms with Crippen LogP contribution >= 0.6 is 0 Å². The van der Waals surface area contributed by atoms with Gasteiger partial charge < -0.3 is 39.4 Å². The summed E-state index contributed by atoms with van der Waals surface area (Å²) in [5.41, 5.74) is 0.906. The summed E-state index contributed by atoms with van der Waals surface area (Å²) in [5.74, 6) is 0.373. The second kappa shape index (κ2) is 7.44. The van der Waals surface area contributed by atoms with Crippen LogP contribution in [0, 0.1) is 0 Å². The molecule has 3 aliphatic heterocycles. The summed E-state index contributed by atoms with van der Waals surface area (Å²) in [6, 6.07) is 16.5. The van der Waals surface area contributed by atoms with Gasteiger partial charge in [-0.3, -0.25) is 0 Å². The van der Waals surface area contributed by atoms with Crippen molar-refractivity contribution in [3.8, 4) is 23.0 Å². The van der Waals surface area contributed by atoms with E-state index in [4.69, 9.17) is 18.9 Å². The highest BCUT2D eigenvalue weighted by molar-refractivity contribution is 5.97. The van der Waals surface area contributed by atoms with Gasteiger partial charge in [-0.2, -0.15) is 0 Å². The number of benzene rings is 3. The molecule has 9 heteroatoms. The van der Waals surface area contributed by atoms with E-state index >= 15 is 0 Å². The largest absolute Gasteiger partial charge is 0.508 e. The Kier molecular flexibility index (Phi) is 4.58. The molecule has 4 N–H and O–H groups in total. The number of carbonyl (C=O) groups is 1. The number of hydrogen-bond acceptors (Lipinski definition) is 9. The van der Waals surface area contributed by atoms with Crippen molar-refractivity contribution in [3.63, 3.8) is 0 Å². The summed E-state index contributed by atoms with van der Waals surface area (Å²) in [4.78, 5) is 12.8. The second-order valence-electron chi connectivity index (χ2n) is 8.42. The molecule has 6 rings (SSSR count). The fourth-order valence-electron chi connectivity index (χ4n) is 4.74. The lowest BCUT2D eigenvalue weighted by molar-refractivity contribution is -0.242. The van der Waals surface area contributed by atoms with Crippen LogP contribution in [0.4, 0.5) is 0 Å². The third-order valence-corrected chi connectivity index (χ3v) is 6.38. The maximum absolute atomic E-state index is 12.8. The zero-order chi connectivity index (χ0) is 23.6. The molecular weight excluding hydrogens is 444 g/mol. The van der Waals surface area contributed by atoms with Gasteiger partial charge in [0.1, 0.15) is 41.3 Å². The molecule has 3 aromatic carbocycles. The zero-order valence-electron chi connectivity index (χ0n) is 17.6. The topological polar surface area (TPSA) is 135 Å². The summed E-state index contributed by atoms with van der Waals surface area (Å²) >= 11 is 0. The minimum absolute atomic E-state index is 0.0198. The predicted octanol–water partition coefficient (Wildman–Crippen LogP) is 1.78. The number of aromatic hydroxyl groups is 1. The molecule has 5 atom stereocenters. The molecular formula is C25H20O9. The molecule has 3 aliphatic rings. The van der Waals surface area contributed by atoms with Gasteiger partial charge in [-0.25, -0.2) is 4.79 Å². The number of esters is 1. The molecule has 174 valence electrons. The summed E-state index contributed by atoms with van der Waals surface area (Å²) in [5, 5.41) is 39.8. The Morgan fingerprint density at radius 3 is 2.44 bits per heavy atom. The van der Waals surface area contributed by atoms with Crippen molar-refractivity contribution < 1.29 is 44.2 Å². The number of aliphatic hydroxyl groups excluding tert-OH is 3. The molecule has 0 saturated carbocycles. The molecule has 0 bridgehead atoms. The van der Waals surface area contributed by atoms with Crippen molar-refractivity contribution in [2.45, 2.75) is 30.2 Å². The van der Waals surface area contributed by atoms with Gasteiger partial charge in [0, 0.05) is 28.8 Å². The van der Waals surface area contributed by atoms with Crippen molar-refractivity contribution in [2.75, 3.05) is 6.61 Å². The van der Waals surface area contributed by atoms with Gasteiger partial charge in [0.25, 0.3) is 0 Å². The fraction of sp³-hybridized carbons (Fsp3) is 0.240. The second-order valence-corrected chi connectivity index (χ2v) is 8.42. The standard InChI is InChI=1S/C25H20O9/c26-12-5-7-16-19(9-12)33-20-10-13(32-24-22(29)21(28)18(27)11-31-24)6-8-17(20)25(16)15-4-2-1-3-14(15)23(30)34-25/h1-10,18,21-22,24,26-29H,11H2/t18-,21+,22-,24+,25?/m1/s1. The van der Waals surface area contributed by atoms with Gasteiger partial charge in [-0.15, -0.1) is 0 Å². The first-order chi connectivity index (χ1) is 16.4. The van der Waals surface area contributed by atoms with E-state index in [9.17, 15) is 25.2 Å². The first kappa shape index (κ1) is 20.9. The molecule has 1 fully saturated rings. The quantitative estimate of drug-likeness (QED) is 0.419. The number of hydrogen-bond donors (Lipinski definition) is 4. The van der Waals surface area contributed by atoms with Gasteiger partial charge in [0.2, 0.25) is 6.29 Å². The summed E-state index contributed by atoms with van der Waals surface area (Å²) in [7, 11) is 0. The number of ether oxygens (including phenoxy) is 4. The monoisotopic (exact) mass is 464 g/mol. The molecule has 3 heterocycles. The van der Waals surface area contributed by atoms with Gasteiger partial charge in [0.15, 0.2) is 5.60 Å². The van der Waals surface area contributed by atoms with Gasteiger partial charge in [-0.05, 0) is 30.3 Å². The number of rotatable bonds is 2. The maximum atomic E-state index is 12.8. The van der Waals surface area contributed by atoms with E-state index in [0.717, 1.165) is 0 Å². The van der Waals surface area contributed by atoms with Crippen LogP contribution < -0.4 is 9.47 Å². The summed E-state index contributed by atoms with van der Waals surface area (Å²) in [6.45, 7) is -0.202. The Balaban J connectivity index is 1.46. The van der Waals surface area contributed by atoms with Crippen LogP contribution in [0.25, 0.3) is 0 Å². The number of phenolic OH excluding ortho intramolecular Hbond substituents is 1. The van der Waals surface area contributed by atoms with Crippen molar-refractivity contribution in [2.24, 2.45) is 0 Å². The first-order valence-corrected chi connectivity index (χ1v) is 10.7. The summed E-state index contributed by atoms with van der Waals surface area (Å²) < 4.78 is 23.1. The van der Waals surface area contributed by atoms with E-state index in [1.165, 1.54) is 12.1 Å². The molecule has 1 spiro atoms. The van der Waals surface area contributed by atoms with Crippen molar-refractivity contribution in [3.05, 3.63) is 82.9 Å². The van der Waals surface area contributed by atoms with E-state index in [0.29, 0.717) is 33.8 Å². The highest BCUT2D eigenvalue weighted by Gasteiger charge is 2.53. The molecule has 9 nitrogen and oxygen atoms in total. The molecule has 1 unspecified atom stereocenters. The molecule has 0 aromatic heterocycles. The van der Waals surface area contributed by atoms with E-state index in [1.807, 2.05) is 12.1 Å². The SMILES string of the molecule is O=C1OC2(c3ccc(O)cc3Oc3cc(O[C@@H]4OC[C@@H](O)[C@H](O)[C@H]4O)ccc32)c2ccccc21. The molecule has 3 aromatic rings. The predicted molar refractivity (Wildman–Crippen MR) is 115 cm³/mol. The lowest BCUT2D eigenvalue weighted by atomic mass is 9.77. The van der Waals surface area contributed by atoms with Crippen LogP contribution in [0.5, 0.6) is 23.0 Å². The maximum Gasteiger partial charge on any atom is 0.340 e. The molecule has 0 aliphatic carbocycles. The van der Waals surface area contributed by atoms with E-state index < -0.39 is 36.2 Å². The lowest BCUT2D eigenvalue weighted by Gasteiger charge is -2.37. The van der Waals surface area contributed by atoms with Crippen LogP contribution in [0.15, 0.2) is 60.7 Å². The average Bonchev–Trinajstić information content (AvgIpc) is 3.12. The third-order valence-electron chi connectivity index (χ3n) is 6.38. The Hall–Kier alpha value is -3.63. The average molecular weight is 464 g/mol. The van der Waals surface area contributed by atoms with Crippen molar-refractivity contribution in [1.82, 2.24) is 0 Å². The third kappa shape index (κ3) is 2.92. The van der Waals surface area contributed by atoms with Crippen molar-refractivity contribution in [1.29, 1.82) is 0 Å². The van der Waals surface area contributed by atoms with Gasteiger partial charge >= 0.3 is 5.97 Å². The van der Waals surface area contributed by atoms with E-state index in [2.05, 4.69) is 0 Å². The van der Waals surface area contributed by atoms with Gasteiger partial charge in [-0.1, -0.05) is 18.2 Å². The number of fused-ring (bicyclic) bond motifs is 6. The highest BCUT2D eigenvalue weighted by atomic mass is 16.7. The normalized spacial score (nSPS) is 29.0. The zero-order valence-corrected chi connectivity index (χ0v) is 17.6. The van der Waals surface area contributed by atoms with E-state index in [-0.39, 0.29) is 18.1 Å². The highest BCUT2D eigenvalue weighted by Crippen LogP contribution is 2.57. The minimum atomic E-state index is -1.47. The molecule has 0 radical (unpaired) electrons. The minimum Gasteiger partial charge on any atom is -0.508 e. The molecule has 1 saturated heterocycles. The Bertz CT molecular complexity index is 1310. The first-order valence-electron chi connectivity index (χ1n) is 10.7. The number of phenols is 1. The Morgan fingerprint density at radius 2 is 1.62 bits per heavy atom. The van der Waals surface area contributed by atoms with Crippen LogP contribution in [0.2, 0.25) is 0 Å².